The maximum atomic E-state index is 12.3. The van der Waals surface area contributed by atoms with E-state index in [0.717, 1.165) is 76.5 Å². The number of epoxide rings is 1. The van der Waals surface area contributed by atoms with Gasteiger partial charge >= 0.3 is 19.8 Å². The molecule has 0 saturated carbocycles. The lowest BCUT2D eigenvalue weighted by molar-refractivity contribution is -0.161. The van der Waals surface area contributed by atoms with Crippen molar-refractivity contribution in [3.63, 3.8) is 0 Å². The van der Waals surface area contributed by atoms with Gasteiger partial charge in [0.15, 0.2) is 6.10 Å². The molecule has 0 aromatic rings. The fraction of sp³-hybridized carbons (Fsp3) is 0.879. The average Bonchev–Trinajstić information content (AvgIpc) is 3.70. The van der Waals surface area contributed by atoms with Crippen molar-refractivity contribution in [1.29, 1.82) is 0 Å². The summed E-state index contributed by atoms with van der Waals surface area (Å²) in [6.07, 6.45) is 24.1. The van der Waals surface area contributed by atoms with E-state index in [1.807, 2.05) is 0 Å². The van der Waals surface area contributed by atoms with Crippen LogP contribution >= 0.6 is 7.82 Å². The molecule has 252 valence electrons. The first-order valence-electron chi connectivity index (χ1n) is 17.0. The standard InChI is InChI=1S/C33H61O9P/c1-4-5-6-7-12-17-22-30-31(42-30)23-18-13-10-15-20-25-33(35)41-29(27-40-43(36,37)38)26-39-32(34)24-19-14-9-8-11-16-21-28(2)3/h12,17,28-31H,4-11,13-16,18-27H2,1-3H3,(H2,36,37,38)/b17-12-/t29-,30?,31?/m1/s1. The number of esters is 2. The van der Waals surface area contributed by atoms with Crippen LogP contribution in [0.15, 0.2) is 12.2 Å². The van der Waals surface area contributed by atoms with Gasteiger partial charge in [-0.1, -0.05) is 110 Å². The first-order valence-corrected chi connectivity index (χ1v) is 18.5. The smallest absolute Gasteiger partial charge is 0.462 e. The Morgan fingerprint density at radius 1 is 0.791 bits per heavy atom. The summed E-state index contributed by atoms with van der Waals surface area (Å²) >= 11 is 0. The summed E-state index contributed by atoms with van der Waals surface area (Å²) in [6.45, 7) is 5.84. The lowest BCUT2D eigenvalue weighted by Gasteiger charge is -2.18. The maximum Gasteiger partial charge on any atom is 0.469 e. The van der Waals surface area contributed by atoms with Gasteiger partial charge in [0, 0.05) is 12.8 Å². The minimum Gasteiger partial charge on any atom is -0.462 e. The minimum absolute atomic E-state index is 0.190. The molecule has 2 unspecified atom stereocenters. The monoisotopic (exact) mass is 632 g/mol. The summed E-state index contributed by atoms with van der Waals surface area (Å²) < 4.78 is 31.9. The van der Waals surface area contributed by atoms with Crippen molar-refractivity contribution in [2.75, 3.05) is 13.2 Å². The Balaban J connectivity index is 2.13. The van der Waals surface area contributed by atoms with Crippen LogP contribution in [0, 0.1) is 5.92 Å². The van der Waals surface area contributed by atoms with Crippen LogP contribution < -0.4 is 0 Å². The number of carbonyl (C=O) groups is 2. The van der Waals surface area contributed by atoms with Crippen molar-refractivity contribution in [2.24, 2.45) is 5.92 Å². The first-order chi connectivity index (χ1) is 20.6. The molecule has 1 aliphatic heterocycles. The van der Waals surface area contributed by atoms with Gasteiger partial charge in [-0.15, -0.1) is 0 Å². The van der Waals surface area contributed by atoms with Gasteiger partial charge in [0.05, 0.1) is 18.8 Å². The Morgan fingerprint density at radius 3 is 2.07 bits per heavy atom. The van der Waals surface area contributed by atoms with Crippen molar-refractivity contribution in [2.45, 2.75) is 167 Å². The van der Waals surface area contributed by atoms with Gasteiger partial charge in [0.25, 0.3) is 0 Å². The zero-order chi connectivity index (χ0) is 31.8. The predicted molar refractivity (Wildman–Crippen MR) is 169 cm³/mol. The fourth-order valence-electron chi connectivity index (χ4n) is 4.97. The quantitative estimate of drug-likeness (QED) is 0.0274. The number of rotatable bonds is 29. The summed E-state index contributed by atoms with van der Waals surface area (Å²) in [5.74, 6) is -0.178. The SMILES string of the molecule is CCCCC/C=C\CC1OC1CCCCCCCC(=O)O[C@H](COC(=O)CCCCCCCCC(C)C)COP(=O)(O)O. The number of allylic oxidation sites excluding steroid dienone is 1. The zero-order valence-electron chi connectivity index (χ0n) is 27.2. The molecule has 1 fully saturated rings. The Kier molecular flexibility index (Phi) is 23.1. The van der Waals surface area contributed by atoms with E-state index >= 15 is 0 Å². The summed E-state index contributed by atoms with van der Waals surface area (Å²) in [5, 5.41) is 0. The van der Waals surface area contributed by atoms with E-state index in [-0.39, 0.29) is 19.4 Å². The molecule has 0 aromatic carbocycles. The number of unbranched alkanes of at least 4 members (excludes halogenated alkanes) is 12. The van der Waals surface area contributed by atoms with E-state index in [1.165, 1.54) is 38.5 Å². The highest BCUT2D eigenvalue weighted by Crippen LogP contribution is 2.36. The second-order valence-corrected chi connectivity index (χ2v) is 13.6. The first kappa shape index (κ1) is 39.8. The van der Waals surface area contributed by atoms with Crippen LogP contribution in [0.25, 0.3) is 0 Å². The molecule has 0 aliphatic carbocycles. The van der Waals surface area contributed by atoms with E-state index in [4.69, 9.17) is 24.0 Å². The van der Waals surface area contributed by atoms with Gasteiger partial charge in [-0.25, -0.2) is 4.57 Å². The summed E-state index contributed by atoms with van der Waals surface area (Å²) in [5.41, 5.74) is 0. The van der Waals surface area contributed by atoms with Crippen LogP contribution in [0.2, 0.25) is 0 Å². The number of phosphoric ester groups is 1. The van der Waals surface area contributed by atoms with E-state index in [1.54, 1.807) is 0 Å². The number of phosphoric acid groups is 1. The van der Waals surface area contributed by atoms with Crippen molar-refractivity contribution in [3.8, 4) is 0 Å². The number of ether oxygens (including phenoxy) is 3. The summed E-state index contributed by atoms with van der Waals surface area (Å²) in [6, 6.07) is 0. The molecule has 0 amide bonds. The largest absolute Gasteiger partial charge is 0.469 e. The lowest BCUT2D eigenvalue weighted by Crippen LogP contribution is -2.29. The molecule has 10 heteroatoms. The van der Waals surface area contributed by atoms with E-state index in [9.17, 15) is 14.2 Å². The van der Waals surface area contributed by atoms with E-state index in [0.29, 0.717) is 18.6 Å². The van der Waals surface area contributed by atoms with Crippen LogP contribution in [0.4, 0.5) is 0 Å². The van der Waals surface area contributed by atoms with Crippen LogP contribution in [-0.4, -0.2) is 53.3 Å². The zero-order valence-corrected chi connectivity index (χ0v) is 28.1. The topological polar surface area (TPSA) is 132 Å². The van der Waals surface area contributed by atoms with Crippen molar-refractivity contribution in [3.05, 3.63) is 12.2 Å². The molecule has 43 heavy (non-hydrogen) atoms. The van der Waals surface area contributed by atoms with Gasteiger partial charge in [0.2, 0.25) is 0 Å². The molecule has 0 bridgehead atoms. The summed E-state index contributed by atoms with van der Waals surface area (Å²) in [7, 11) is -4.75. The van der Waals surface area contributed by atoms with E-state index in [2.05, 4.69) is 37.4 Å². The molecule has 0 aromatic heterocycles. The second-order valence-electron chi connectivity index (χ2n) is 12.4. The molecular formula is C33H61O9P. The maximum absolute atomic E-state index is 12.3. The predicted octanol–water partition coefficient (Wildman–Crippen LogP) is 8.35. The van der Waals surface area contributed by atoms with Gasteiger partial charge in [0.1, 0.15) is 6.61 Å². The Morgan fingerprint density at radius 2 is 1.42 bits per heavy atom. The highest BCUT2D eigenvalue weighted by Gasteiger charge is 2.36. The molecule has 0 radical (unpaired) electrons. The molecule has 0 spiro atoms. The Hall–Kier alpha value is -1.25. The van der Waals surface area contributed by atoms with Gasteiger partial charge in [-0.2, -0.15) is 0 Å². The number of hydrogen-bond acceptors (Lipinski definition) is 7. The van der Waals surface area contributed by atoms with E-state index < -0.39 is 32.5 Å². The second kappa shape index (κ2) is 25.0. The van der Waals surface area contributed by atoms with Crippen molar-refractivity contribution >= 4 is 19.8 Å². The van der Waals surface area contributed by atoms with Crippen molar-refractivity contribution in [1.82, 2.24) is 0 Å². The Labute approximate surface area is 261 Å². The highest BCUT2D eigenvalue weighted by atomic mass is 31.2. The third kappa shape index (κ3) is 25.7. The molecule has 9 nitrogen and oxygen atoms in total. The molecule has 1 rings (SSSR count). The highest BCUT2D eigenvalue weighted by molar-refractivity contribution is 7.46. The molecule has 2 N–H and O–H groups in total. The normalized spacial score (nSPS) is 17.4. The lowest BCUT2D eigenvalue weighted by atomic mass is 10.0. The molecule has 1 aliphatic rings. The fourth-order valence-corrected chi connectivity index (χ4v) is 5.33. The molecular weight excluding hydrogens is 571 g/mol. The van der Waals surface area contributed by atoms with Crippen LogP contribution in [-0.2, 0) is 32.9 Å². The third-order valence-corrected chi connectivity index (χ3v) is 8.12. The van der Waals surface area contributed by atoms with Gasteiger partial charge in [-0.05, 0) is 44.4 Å². The Bertz CT molecular complexity index is 795. The average molecular weight is 633 g/mol. The van der Waals surface area contributed by atoms with Crippen molar-refractivity contribution < 1.29 is 42.7 Å². The minimum atomic E-state index is -4.75. The van der Waals surface area contributed by atoms with Crippen LogP contribution in [0.5, 0.6) is 0 Å². The molecule has 3 atom stereocenters. The third-order valence-electron chi connectivity index (χ3n) is 7.64. The molecule has 1 saturated heterocycles. The van der Waals surface area contributed by atoms with Crippen LogP contribution in [0.1, 0.15) is 149 Å². The van der Waals surface area contributed by atoms with Gasteiger partial charge < -0.3 is 24.0 Å². The summed E-state index contributed by atoms with van der Waals surface area (Å²) in [4.78, 5) is 42.5. The number of hydrogen-bond donors (Lipinski definition) is 2. The number of carbonyl (C=O) groups excluding carboxylic acids is 2. The van der Waals surface area contributed by atoms with Gasteiger partial charge in [-0.3, -0.25) is 14.1 Å². The molecule has 1 heterocycles. The van der Waals surface area contributed by atoms with Crippen LogP contribution in [0.3, 0.4) is 0 Å².